The molecule has 4 rings (SSSR count). The molecule has 0 aromatic heterocycles. The Kier molecular flexibility index (Phi) is 7.71. The number of rotatable bonds is 6. The van der Waals surface area contributed by atoms with Crippen molar-refractivity contribution < 1.29 is 4.74 Å². The minimum absolute atomic E-state index is 0. The predicted octanol–water partition coefficient (Wildman–Crippen LogP) is 4.06. The summed E-state index contributed by atoms with van der Waals surface area (Å²) in [4.78, 5) is 0. The molecule has 2 N–H and O–H groups in total. The number of hydrogen-bond acceptors (Lipinski definition) is 3. The van der Waals surface area contributed by atoms with E-state index in [1.165, 1.54) is 36.0 Å². The zero-order chi connectivity index (χ0) is 17.6. The van der Waals surface area contributed by atoms with Gasteiger partial charge in [-0.2, -0.15) is 0 Å². The molecule has 0 spiro atoms. The second kappa shape index (κ2) is 10.2. The third kappa shape index (κ3) is 5.32. The molecule has 1 saturated heterocycles. The third-order valence-electron chi connectivity index (χ3n) is 5.89. The Bertz CT molecular complexity index is 688. The molecule has 1 heterocycles. The standard InChI is InChI=1S/C23H30N2O.ClH/c1-2-7-19(8-3-1)20-9-4-6-18(16-20)12-13-24-22-11-5-10-21(22)23-17-26-15-14-25-23;/h1-4,6-9,16,21-25H,5,10-15,17H2;1H. The Morgan fingerprint density at radius 1 is 1.00 bits per heavy atom. The van der Waals surface area contributed by atoms with Crippen LogP contribution in [0.2, 0.25) is 0 Å². The fraction of sp³-hybridized carbons (Fsp3) is 0.478. The van der Waals surface area contributed by atoms with Crippen LogP contribution in [0.5, 0.6) is 0 Å². The van der Waals surface area contributed by atoms with Crippen LogP contribution >= 0.6 is 12.4 Å². The molecule has 1 saturated carbocycles. The second-order valence-electron chi connectivity index (χ2n) is 7.61. The Balaban J connectivity index is 0.00000210. The molecule has 1 aliphatic carbocycles. The maximum atomic E-state index is 5.68. The van der Waals surface area contributed by atoms with Crippen LogP contribution in [0.1, 0.15) is 24.8 Å². The van der Waals surface area contributed by atoms with Crippen molar-refractivity contribution >= 4 is 12.4 Å². The van der Waals surface area contributed by atoms with E-state index < -0.39 is 0 Å². The first-order valence-corrected chi connectivity index (χ1v) is 10.1. The lowest BCUT2D eigenvalue weighted by Gasteiger charge is -2.33. The van der Waals surface area contributed by atoms with Crippen molar-refractivity contribution in [2.45, 2.75) is 37.8 Å². The van der Waals surface area contributed by atoms with Crippen LogP contribution < -0.4 is 10.6 Å². The molecule has 27 heavy (non-hydrogen) atoms. The van der Waals surface area contributed by atoms with Gasteiger partial charge < -0.3 is 15.4 Å². The molecule has 2 fully saturated rings. The van der Waals surface area contributed by atoms with Crippen molar-refractivity contribution in [2.75, 3.05) is 26.3 Å². The van der Waals surface area contributed by atoms with Gasteiger partial charge in [0.1, 0.15) is 0 Å². The molecular weight excluding hydrogens is 356 g/mol. The van der Waals surface area contributed by atoms with Crippen molar-refractivity contribution in [2.24, 2.45) is 5.92 Å². The Morgan fingerprint density at radius 3 is 2.67 bits per heavy atom. The second-order valence-corrected chi connectivity index (χ2v) is 7.61. The van der Waals surface area contributed by atoms with E-state index in [1.807, 2.05) is 0 Å². The van der Waals surface area contributed by atoms with Crippen molar-refractivity contribution in [3.8, 4) is 11.1 Å². The smallest absolute Gasteiger partial charge is 0.0623 e. The van der Waals surface area contributed by atoms with E-state index in [-0.39, 0.29) is 12.4 Å². The van der Waals surface area contributed by atoms with Gasteiger partial charge in [0.25, 0.3) is 0 Å². The summed E-state index contributed by atoms with van der Waals surface area (Å²) >= 11 is 0. The molecule has 2 aromatic rings. The molecule has 4 heteroatoms. The van der Waals surface area contributed by atoms with Crippen LogP contribution in [0.3, 0.4) is 0 Å². The van der Waals surface area contributed by atoms with Gasteiger partial charge in [-0.05, 0) is 48.4 Å². The Hall–Kier alpha value is -1.39. The van der Waals surface area contributed by atoms with Crippen LogP contribution in [0.15, 0.2) is 54.6 Å². The zero-order valence-electron chi connectivity index (χ0n) is 15.9. The number of morpholine rings is 1. The summed E-state index contributed by atoms with van der Waals surface area (Å²) in [5.41, 5.74) is 4.01. The minimum atomic E-state index is 0. The van der Waals surface area contributed by atoms with E-state index in [0.29, 0.717) is 18.0 Å². The molecule has 0 bridgehead atoms. The number of benzene rings is 2. The van der Waals surface area contributed by atoms with Gasteiger partial charge in [0.15, 0.2) is 0 Å². The number of nitrogens with one attached hydrogen (secondary N) is 2. The Morgan fingerprint density at radius 2 is 1.85 bits per heavy atom. The molecule has 146 valence electrons. The fourth-order valence-electron chi connectivity index (χ4n) is 4.52. The van der Waals surface area contributed by atoms with Crippen LogP contribution in [0.4, 0.5) is 0 Å². The van der Waals surface area contributed by atoms with Crippen LogP contribution in [-0.4, -0.2) is 38.4 Å². The van der Waals surface area contributed by atoms with E-state index in [4.69, 9.17) is 4.74 Å². The molecule has 2 aromatic carbocycles. The number of hydrogen-bond donors (Lipinski definition) is 2. The van der Waals surface area contributed by atoms with Gasteiger partial charge in [-0.25, -0.2) is 0 Å². The highest BCUT2D eigenvalue weighted by Gasteiger charge is 2.34. The van der Waals surface area contributed by atoms with Crippen LogP contribution in [-0.2, 0) is 11.2 Å². The van der Waals surface area contributed by atoms with Gasteiger partial charge in [0.2, 0.25) is 0 Å². The summed E-state index contributed by atoms with van der Waals surface area (Å²) < 4.78 is 5.68. The monoisotopic (exact) mass is 386 g/mol. The first-order chi connectivity index (χ1) is 12.9. The summed E-state index contributed by atoms with van der Waals surface area (Å²) in [6.45, 7) is 3.79. The number of ether oxygens (including phenoxy) is 1. The first kappa shape index (κ1) is 20.3. The zero-order valence-corrected chi connectivity index (χ0v) is 16.7. The summed E-state index contributed by atoms with van der Waals surface area (Å²) in [6.07, 6.45) is 5.04. The van der Waals surface area contributed by atoms with Crippen molar-refractivity contribution in [1.29, 1.82) is 0 Å². The van der Waals surface area contributed by atoms with Crippen LogP contribution in [0, 0.1) is 5.92 Å². The largest absolute Gasteiger partial charge is 0.379 e. The lowest BCUT2D eigenvalue weighted by Crippen LogP contribution is -2.51. The van der Waals surface area contributed by atoms with Crippen molar-refractivity contribution in [1.82, 2.24) is 10.6 Å². The predicted molar refractivity (Wildman–Crippen MR) is 115 cm³/mol. The van der Waals surface area contributed by atoms with E-state index in [0.717, 1.165) is 32.7 Å². The maximum absolute atomic E-state index is 5.68. The normalized spacial score (nSPS) is 25.1. The highest BCUT2D eigenvalue weighted by atomic mass is 35.5. The molecule has 2 aliphatic rings. The average molecular weight is 387 g/mol. The Labute approximate surface area is 169 Å². The van der Waals surface area contributed by atoms with E-state index in [2.05, 4.69) is 65.2 Å². The third-order valence-corrected chi connectivity index (χ3v) is 5.89. The van der Waals surface area contributed by atoms with E-state index in [1.54, 1.807) is 0 Å². The molecule has 0 radical (unpaired) electrons. The average Bonchev–Trinajstić information content (AvgIpc) is 3.18. The van der Waals surface area contributed by atoms with Crippen molar-refractivity contribution in [3.63, 3.8) is 0 Å². The minimum Gasteiger partial charge on any atom is -0.379 e. The quantitative estimate of drug-likeness (QED) is 0.785. The molecule has 3 unspecified atom stereocenters. The van der Waals surface area contributed by atoms with E-state index in [9.17, 15) is 0 Å². The lowest BCUT2D eigenvalue weighted by atomic mass is 9.94. The van der Waals surface area contributed by atoms with Gasteiger partial charge in [0.05, 0.1) is 13.2 Å². The van der Waals surface area contributed by atoms with E-state index >= 15 is 0 Å². The maximum Gasteiger partial charge on any atom is 0.0623 e. The summed E-state index contributed by atoms with van der Waals surface area (Å²) in [6, 6.07) is 20.8. The van der Waals surface area contributed by atoms with Crippen LogP contribution in [0.25, 0.3) is 11.1 Å². The first-order valence-electron chi connectivity index (χ1n) is 10.1. The van der Waals surface area contributed by atoms with Gasteiger partial charge in [-0.1, -0.05) is 61.0 Å². The van der Waals surface area contributed by atoms with Crippen molar-refractivity contribution in [3.05, 3.63) is 60.2 Å². The van der Waals surface area contributed by atoms with Gasteiger partial charge in [-0.15, -0.1) is 12.4 Å². The molecule has 0 amide bonds. The highest BCUT2D eigenvalue weighted by Crippen LogP contribution is 2.29. The summed E-state index contributed by atoms with van der Waals surface area (Å²) in [5, 5.41) is 7.50. The number of halogens is 1. The molecular formula is C23H31ClN2O. The highest BCUT2D eigenvalue weighted by molar-refractivity contribution is 5.85. The van der Waals surface area contributed by atoms with Gasteiger partial charge in [-0.3, -0.25) is 0 Å². The topological polar surface area (TPSA) is 33.3 Å². The molecule has 3 nitrogen and oxygen atoms in total. The van der Waals surface area contributed by atoms with Gasteiger partial charge in [0, 0.05) is 18.6 Å². The molecule has 3 atom stereocenters. The SMILES string of the molecule is Cl.c1ccc(-c2cccc(CCNC3CCCC3C3COCCN3)c2)cc1. The lowest BCUT2D eigenvalue weighted by molar-refractivity contribution is 0.0526. The summed E-state index contributed by atoms with van der Waals surface area (Å²) in [7, 11) is 0. The summed E-state index contributed by atoms with van der Waals surface area (Å²) in [5.74, 6) is 0.714. The molecule has 1 aliphatic heterocycles. The fourth-order valence-corrected chi connectivity index (χ4v) is 4.52. The van der Waals surface area contributed by atoms with Gasteiger partial charge >= 0.3 is 0 Å².